The van der Waals surface area contributed by atoms with Crippen LogP contribution in [0, 0.1) is 6.92 Å². The van der Waals surface area contributed by atoms with Gasteiger partial charge in [0.05, 0.1) is 11.8 Å². The lowest BCUT2D eigenvalue weighted by molar-refractivity contribution is 0.106. The second kappa shape index (κ2) is 7.09. The van der Waals surface area contributed by atoms with Crippen molar-refractivity contribution in [2.75, 3.05) is 18.5 Å². The van der Waals surface area contributed by atoms with Gasteiger partial charge >= 0.3 is 0 Å². The quantitative estimate of drug-likeness (QED) is 0.665. The van der Waals surface area contributed by atoms with Crippen LogP contribution in [0.5, 0.6) is 0 Å². The number of hydrogen-bond donors (Lipinski definition) is 1. The van der Waals surface area contributed by atoms with Gasteiger partial charge in [0, 0.05) is 30.4 Å². The van der Waals surface area contributed by atoms with Gasteiger partial charge in [0.15, 0.2) is 0 Å². The third-order valence-corrected chi connectivity index (χ3v) is 3.50. The topological polar surface area (TPSA) is 47.3 Å². The van der Waals surface area contributed by atoms with Crippen LogP contribution in [-0.2, 0) is 11.3 Å². The fourth-order valence-corrected chi connectivity index (χ4v) is 2.38. The second-order valence-electron chi connectivity index (χ2n) is 5.29. The Balaban J connectivity index is 1.48. The van der Waals surface area contributed by atoms with Gasteiger partial charge in [-0.25, -0.2) is 0 Å². The summed E-state index contributed by atoms with van der Waals surface area (Å²) < 4.78 is 10.8. The lowest BCUT2D eigenvalue weighted by Crippen LogP contribution is -2.06. The van der Waals surface area contributed by atoms with E-state index in [1.165, 1.54) is 10.9 Å². The largest absolute Gasteiger partial charge is 0.467 e. The molecule has 0 spiro atoms. The third-order valence-electron chi connectivity index (χ3n) is 3.50. The number of ether oxygens (including phenoxy) is 1. The van der Waals surface area contributed by atoms with Crippen LogP contribution in [0.4, 0.5) is 5.69 Å². The smallest absolute Gasteiger partial charge is 0.129 e. The molecular weight excluding hydrogens is 276 g/mol. The van der Waals surface area contributed by atoms with Crippen LogP contribution in [0.1, 0.15) is 17.7 Å². The maximum Gasteiger partial charge on any atom is 0.129 e. The van der Waals surface area contributed by atoms with Gasteiger partial charge in [0.2, 0.25) is 0 Å². The molecule has 1 aromatic carbocycles. The zero-order valence-corrected chi connectivity index (χ0v) is 12.7. The predicted molar refractivity (Wildman–Crippen MR) is 88.0 cm³/mol. The highest BCUT2D eigenvalue weighted by Gasteiger charge is 2.02. The molecule has 0 unspecified atom stereocenters. The Bertz CT molecular complexity index is 723. The molecule has 4 heteroatoms. The fraction of sp³-hybridized carbons (Fsp3) is 0.278. The van der Waals surface area contributed by atoms with Crippen molar-refractivity contribution in [1.29, 1.82) is 0 Å². The Hall–Kier alpha value is -2.33. The molecular formula is C18H20N2O2. The first kappa shape index (κ1) is 14.6. The van der Waals surface area contributed by atoms with E-state index in [1.807, 2.05) is 24.4 Å². The minimum absolute atomic E-state index is 0.532. The average molecular weight is 296 g/mol. The van der Waals surface area contributed by atoms with Crippen molar-refractivity contribution < 1.29 is 9.15 Å². The molecule has 1 N–H and O–H groups in total. The van der Waals surface area contributed by atoms with Crippen LogP contribution in [0.25, 0.3) is 10.9 Å². The molecule has 0 aliphatic heterocycles. The van der Waals surface area contributed by atoms with Crippen LogP contribution in [0.2, 0.25) is 0 Å². The molecule has 3 aromatic rings. The standard InChI is InChI=1S/C18H20N2O2/c1-14-5-6-17-16(12-14)18(7-9-20-17)19-8-3-10-21-13-15-4-2-11-22-15/h2,4-7,9,11-12H,3,8,10,13H2,1H3,(H,19,20). The highest BCUT2D eigenvalue weighted by Crippen LogP contribution is 2.22. The van der Waals surface area contributed by atoms with E-state index < -0.39 is 0 Å². The Morgan fingerprint density at radius 1 is 1.23 bits per heavy atom. The Morgan fingerprint density at radius 3 is 3.05 bits per heavy atom. The van der Waals surface area contributed by atoms with Gasteiger partial charge in [0.1, 0.15) is 12.4 Å². The molecule has 114 valence electrons. The number of benzene rings is 1. The SMILES string of the molecule is Cc1ccc2nccc(NCCCOCc3ccco3)c2c1. The number of hydrogen-bond acceptors (Lipinski definition) is 4. The molecule has 2 aromatic heterocycles. The number of fused-ring (bicyclic) bond motifs is 1. The van der Waals surface area contributed by atoms with Crippen molar-refractivity contribution in [1.82, 2.24) is 4.98 Å². The monoisotopic (exact) mass is 296 g/mol. The summed E-state index contributed by atoms with van der Waals surface area (Å²) in [4.78, 5) is 4.39. The van der Waals surface area contributed by atoms with E-state index in [-0.39, 0.29) is 0 Å². The van der Waals surface area contributed by atoms with Gasteiger partial charge in [-0.3, -0.25) is 4.98 Å². The number of rotatable bonds is 7. The minimum atomic E-state index is 0.532. The first-order chi connectivity index (χ1) is 10.8. The van der Waals surface area contributed by atoms with Gasteiger partial charge in [-0.1, -0.05) is 11.6 Å². The summed E-state index contributed by atoms with van der Waals surface area (Å²) >= 11 is 0. The maximum atomic E-state index is 5.58. The number of pyridine rings is 1. The van der Waals surface area contributed by atoms with E-state index in [0.717, 1.165) is 29.9 Å². The van der Waals surface area contributed by atoms with E-state index in [2.05, 4.69) is 35.4 Å². The van der Waals surface area contributed by atoms with Gasteiger partial charge in [-0.05, 0) is 43.7 Å². The lowest BCUT2D eigenvalue weighted by atomic mass is 10.1. The van der Waals surface area contributed by atoms with E-state index in [9.17, 15) is 0 Å². The van der Waals surface area contributed by atoms with Crippen LogP contribution in [0.15, 0.2) is 53.3 Å². The lowest BCUT2D eigenvalue weighted by Gasteiger charge is -2.10. The van der Waals surface area contributed by atoms with Crippen molar-refractivity contribution in [2.45, 2.75) is 20.0 Å². The maximum absolute atomic E-state index is 5.58. The van der Waals surface area contributed by atoms with Crippen LogP contribution in [0.3, 0.4) is 0 Å². The Kier molecular flexibility index (Phi) is 4.71. The average Bonchev–Trinajstić information content (AvgIpc) is 3.04. The fourth-order valence-electron chi connectivity index (χ4n) is 2.38. The molecule has 0 aliphatic carbocycles. The molecule has 4 nitrogen and oxygen atoms in total. The summed E-state index contributed by atoms with van der Waals surface area (Å²) in [5.41, 5.74) is 3.38. The van der Waals surface area contributed by atoms with Gasteiger partial charge in [0.25, 0.3) is 0 Å². The molecule has 0 atom stereocenters. The van der Waals surface area contributed by atoms with E-state index in [0.29, 0.717) is 13.2 Å². The molecule has 0 fully saturated rings. The predicted octanol–water partition coefficient (Wildman–Crippen LogP) is 4.16. The number of furan rings is 1. The van der Waals surface area contributed by atoms with Gasteiger partial charge < -0.3 is 14.5 Å². The summed E-state index contributed by atoms with van der Waals surface area (Å²) in [6, 6.07) is 12.1. The molecule has 0 bridgehead atoms. The summed E-state index contributed by atoms with van der Waals surface area (Å²) in [6.07, 6.45) is 4.44. The van der Waals surface area contributed by atoms with Crippen LogP contribution in [-0.4, -0.2) is 18.1 Å². The summed E-state index contributed by atoms with van der Waals surface area (Å²) in [5.74, 6) is 0.864. The molecule has 2 heterocycles. The van der Waals surface area contributed by atoms with Crippen molar-refractivity contribution in [3.63, 3.8) is 0 Å². The van der Waals surface area contributed by atoms with E-state index in [1.54, 1.807) is 6.26 Å². The zero-order chi connectivity index (χ0) is 15.2. The Labute approximate surface area is 130 Å². The first-order valence-corrected chi connectivity index (χ1v) is 7.52. The molecule has 3 rings (SSSR count). The normalized spacial score (nSPS) is 11.0. The van der Waals surface area contributed by atoms with Crippen molar-refractivity contribution >= 4 is 16.6 Å². The number of aryl methyl sites for hydroxylation is 1. The van der Waals surface area contributed by atoms with E-state index in [4.69, 9.17) is 9.15 Å². The van der Waals surface area contributed by atoms with Crippen molar-refractivity contribution in [2.24, 2.45) is 0 Å². The molecule has 0 saturated heterocycles. The Morgan fingerprint density at radius 2 is 2.18 bits per heavy atom. The van der Waals surface area contributed by atoms with Gasteiger partial charge in [-0.2, -0.15) is 0 Å². The number of nitrogens with zero attached hydrogens (tertiary/aromatic N) is 1. The molecule has 0 radical (unpaired) electrons. The molecule has 0 amide bonds. The number of nitrogens with one attached hydrogen (secondary N) is 1. The van der Waals surface area contributed by atoms with Crippen LogP contribution >= 0.6 is 0 Å². The van der Waals surface area contributed by atoms with Crippen molar-refractivity contribution in [3.05, 3.63) is 60.2 Å². The second-order valence-corrected chi connectivity index (χ2v) is 5.29. The minimum Gasteiger partial charge on any atom is -0.467 e. The highest BCUT2D eigenvalue weighted by atomic mass is 16.5. The summed E-state index contributed by atoms with van der Waals surface area (Å²) in [5, 5.41) is 4.63. The number of aromatic nitrogens is 1. The summed E-state index contributed by atoms with van der Waals surface area (Å²) in [6.45, 7) is 4.20. The first-order valence-electron chi connectivity index (χ1n) is 7.52. The molecule has 22 heavy (non-hydrogen) atoms. The molecule has 0 saturated carbocycles. The summed E-state index contributed by atoms with van der Waals surface area (Å²) in [7, 11) is 0. The van der Waals surface area contributed by atoms with E-state index >= 15 is 0 Å². The van der Waals surface area contributed by atoms with Crippen LogP contribution < -0.4 is 5.32 Å². The zero-order valence-electron chi connectivity index (χ0n) is 12.7. The highest BCUT2D eigenvalue weighted by molar-refractivity contribution is 5.91. The van der Waals surface area contributed by atoms with Gasteiger partial charge in [-0.15, -0.1) is 0 Å². The molecule has 0 aliphatic rings. The third kappa shape index (κ3) is 3.65. The van der Waals surface area contributed by atoms with Crippen molar-refractivity contribution in [3.8, 4) is 0 Å². The number of anilines is 1.